The van der Waals surface area contributed by atoms with Crippen molar-refractivity contribution in [3.8, 4) is 0 Å². The van der Waals surface area contributed by atoms with Gasteiger partial charge < -0.3 is 39.5 Å². The molecule has 69 heavy (non-hydrogen) atoms. The minimum Gasteiger partial charge on any atom is -0.465 e. The SMILES string of the molecule is CCC(C)c1ccc(S(=O)(=O)[N-]S(C)(=O)=O)cc1.CCCC[Si](C)(C)O[Si](C)(C)O[Si](C)(C)O[Si](C)(C)O[Si](C)(C)CCCOC(=O)C(C)(C)CC.CCOCCOCCOC(=O)C(C)(C)CC.[Na+]. The van der Waals surface area contributed by atoms with E-state index in [1.165, 1.54) is 31.0 Å². The van der Waals surface area contributed by atoms with Crippen LogP contribution in [0.1, 0.15) is 119 Å². The summed E-state index contributed by atoms with van der Waals surface area (Å²) in [6.07, 6.45) is 6.47. The Kier molecular flexibility index (Phi) is 35.0. The van der Waals surface area contributed by atoms with E-state index in [2.05, 4.69) is 76.5 Å². The zero-order valence-corrected chi connectivity index (χ0v) is 55.9. The molecule has 0 aliphatic heterocycles. The van der Waals surface area contributed by atoms with E-state index in [4.69, 9.17) is 35.4 Å². The molecule has 1 rings (SSSR count). The summed E-state index contributed by atoms with van der Waals surface area (Å²) in [5.41, 5.74) is 0.193. The fourth-order valence-electron chi connectivity index (χ4n) is 6.61. The second-order valence-electron chi connectivity index (χ2n) is 21.1. The van der Waals surface area contributed by atoms with Gasteiger partial charge in [-0.2, -0.15) is 0 Å². The third-order valence-electron chi connectivity index (χ3n) is 10.8. The van der Waals surface area contributed by atoms with Crippen molar-refractivity contribution in [2.45, 2.75) is 196 Å². The molecule has 0 radical (unpaired) electrons. The summed E-state index contributed by atoms with van der Waals surface area (Å²) in [6.45, 7) is 44.7. The second kappa shape index (κ2) is 33.0. The molecular weight excluding hydrogens is 1020 g/mol. The topological polar surface area (TPSA) is 190 Å². The fraction of sp³-hybridized carbons (Fsp3) is 0.826. The zero-order valence-electron chi connectivity index (χ0n) is 47.3. The number of carbonyl (C=O) groups excluding carboxylic acids is 2. The normalized spacial score (nSPS) is 13.5. The maximum atomic E-state index is 12.2. The maximum absolute atomic E-state index is 12.2. The van der Waals surface area contributed by atoms with Crippen molar-refractivity contribution in [2.75, 3.05) is 45.9 Å². The van der Waals surface area contributed by atoms with E-state index in [1.807, 2.05) is 62.3 Å². The van der Waals surface area contributed by atoms with E-state index >= 15 is 0 Å². The van der Waals surface area contributed by atoms with Crippen molar-refractivity contribution < 1.29 is 91.4 Å². The molecule has 0 saturated carbocycles. The number of hydrogen-bond acceptors (Lipinski definition) is 14. The standard InChI is InChI=1S/C23H56O6Si5.C12H24O4.C11H16NO4S2.Na/c1-15-17-20-30(5,6)26-32(9,10)28-34(13,14)29-33(11,12)27-31(7,8)21-18-19-25-22(24)23(3,4)16-2;1-5-12(3,4)11(13)16-10-9-15-8-7-14-6-2;1-4-9(2)10-5-7-11(8-6-10)18(15,16)12-17(3,13)14;/h15-21H2,1-14H3;5-10H2,1-4H3;5-9H,4H2,1-3H3;/q;;-1;+1. The molecule has 1 aromatic carbocycles. The van der Waals surface area contributed by atoms with Gasteiger partial charge in [0, 0.05) is 17.8 Å². The third-order valence-corrected chi connectivity index (χ3v) is 32.9. The van der Waals surface area contributed by atoms with E-state index in [0.29, 0.717) is 45.6 Å². The molecule has 1 atom stereocenters. The monoisotopic (exact) mass is 1110 g/mol. The van der Waals surface area contributed by atoms with Crippen molar-refractivity contribution >= 4 is 74.3 Å². The van der Waals surface area contributed by atoms with Crippen molar-refractivity contribution in [2.24, 2.45) is 10.8 Å². The van der Waals surface area contributed by atoms with Crippen LogP contribution in [0.25, 0.3) is 4.13 Å². The summed E-state index contributed by atoms with van der Waals surface area (Å²) in [5, 5.41) is 0. The minimum atomic E-state index is -4.13. The largest absolute Gasteiger partial charge is 1.00 e. The predicted molar refractivity (Wildman–Crippen MR) is 289 cm³/mol. The number of nitrogens with zero attached hydrogens (tertiary/aromatic N) is 1. The summed E-state index contributed by atoms with van der Waals surface area (Å²) >= 11 is 0. The fourth-order valence-corrected chi connectivity index (χ4v) is 33.6. The first kappa shape index (κ1) is 73.1. The van der Waals surface area contributed by atoms with Crippen LogP contribution in [0.2, 0.25) is 77.6 Å². The molecule has 0 heterocycles. The zero-order chi connectivity index (χ0) is 53.5. The van der Waals surface area contributed by atoms with Gasteiger partial charge in [0.25, 0.3) is 0 Å². The molecule has 402 valence electrons. The average Bonchev–Trinajstić information content (AvgIpc) is 3.18. The van der Waals surface area contributed by atoms with Crippen LogP contribution in [0, 0.1) is 10.8 Å². The molecule has 0 aliphatic rings. The van der Waals surface area contributed by atoms with Crippen LogP contribution in [0.5, 0.6) is 0 Å². The van der Waals surface area contributed by atoms with E-state index in [9.17, 15) is 26.4 Å². The molecule has 0 aromatic heterocycles. The maximum Gasteiger partial charge on any atom is 1.00 e. The number of carbonyl (C=O) groups is 2. The Morgan fingerprint density at radius 3 is 1.38 bits per heavy atom. The van der Waals surface area contributed by atoms with Crippen LogP contribution in [-0.2, 0) is 65.0 Å². The van der Waals surface area contributed by atoms with Gasteiger partial charge in [-0.3, -0.25) is 9.59 Å². The number of rotatable bonds is 31. The van der Waals surface area contributed by atoms with Gasteiger partial charge in [0.2, 0.25) is 0 Å². The molecule has 0 fully saturated rings. The van der Waals surface area contributed by atoms with E-state index < -0.39 is 73.2 Å². The molecule has 0 saturated heterocycles. The summed E-state index contributed by atoms with van der Waals surface area (Å²) in [4.78, 5) is 23.6. The molecular formula is C46H96NNaO14S2Si5. The summed E-state index contributed by atoms with van der Waals surface area (Å²) in [5.74, 6) is 0.0465. The second-order valence-corrected chi connectivity index (χ2v) is 44.2. The summed E-state index contributed by atoms with van der Waals surface area (Å²) in [7, 11) is -18.9. The number of unbranched alkanes of at least 4 members (excludes halogenated alkanes) is 1. The van der Waals surface area contributed by atoms with Gasteiger partial charge in [0.05, 0.1) is 47.3 Å². The quantitative estimate of drug-likeness (QED) is 0.0389. The van der Waals surface area contributed by atoms with Gasteiger partial charge in [-0.1, -0.05) is 59.6 Å². The van der Waals surface area contributed by atoms with Gasteiger partial charge in [-0.25, -0.2) is 16.8 Å². The molecule has 1 aromatic rings. The molecule has 0 spiro atoms. The Hall–Kier alpha value is -0.136. The van der Waals surface area contributed by atoms with Crippen molar-refractivity contribution in [1.29, 1.82) is 0 Å². The minimum absolute atomic E-state index is 0. The van der Waals surface area contributed by atoms with Crippen LogP contribution in [-0.4, -0.2) is 117 Å². The van der Waals surface area contributed by atoms with Crippen LogP contribution in [0.15, 0.2) is 29.2 Å². The third kappa shape index (κ3) is 34.9. The first-order chi connectivity index (χ1) is 30.8. The number of benzene rings is 1. The van der Waals surface area contributed by atoms with Gasteiger partial charge in [-0.15, -0.1) is 0 Å². The summed E-state index contributed by atoms with van der Waals surface area (Å²) in [6, 6.07) is 8.21. The van der Waals surface area contributed by atoms with E-state index in [1.54, 1.807) is 12.1 Å². The van der Waals surface area contributed by atoms with Gasteiger partial charge in [0.15, 0.2) is 16.6 Å². The van der Waals surface area contributed by atoms with Crippen LogP contribution in [0.4, 0.5) is 0 Å². The molecule has 0 N–H and O–H groups in total. The Balaban J connectivity index is -0.00000104. The van der Waals surface area contributed by atoms with Crippen molar-refractivity contribution in [1.82, 2.24) is 0 Å². The number of ether oxygens (including phenoxy) is 4. The summed E-state index contributed by atoms with van der Waals surface area (Å²) < 4.78 is 95.5. The van der Waals surface area contributed by atoms with Crippen LogP contribution < -0.4 is 29.6 Å². The predicted octanol–water partition coefficient (Wildman–Crippen LogP) is 8.98. The molecule has 1 unspecified atom stereocenters. The molecule has 23 heteroatoms. The van der Waals surface area contributed by atoms with Crippen LogP contribution in [0.3, 0.4) is 0 Å². The molecule has 0 aliphatic carbocycles. The smallest absolute Gasteiger partial charge is 0.465 e. The van der Waals surface area contributed by atoms with Crippen molar-refractivity contribution in [3.05, 3.63) is 34.0 Å². The van der Waals surface area contributed by atoms with Crippen molar-refractivity contribution in [3.63, 3.8) is 0 Å². The number of sulfonamides is 2. The Labute approximate surface area is 449 Å². The van der Waals surface area contributed by atoms with Gasteiger partial charge in [0.1, 0.15) is 16.6 Å². The number of hydrogen-bond donors (Lipinski definition) is 0. The van der Waals surface area contributed by atoms with E-state index in [0.717, 1.165) is 43.5 Å². The van der Waals surface area contributed by atoms with Crippen LogP contribution >= 0.6 is 0 Å². The molecule has 0 amide bonds. The van der Waals surface area contributed by atoms with Gasteiger partial charge >= 0.3 is 67.2 Å². The number of esters is 2. The Morgan fingerprint density at radius 2 is 0.986 bits per heavy atom. The molecule has 15 nitrogen and oxygen atoms in total. The van der Waals surface area contributed by atoms with E-state index in [-0.39, 0.29) is 46.4 Å². The Bertz CT molecular complexity index is 1830. The average molecular weight is 1110 g/mol. The first-order valence-electron chi connectivity index (χ1n) is 24.4. The molecule has 0 bridgehead atoms. The Morgan fingerprint density at radius 1 is 0.594 bits per heavy atom. The first-order valence-corrected chi connectivity index (χ1v) is 42.3. The van der Waals surface area contributed by atoms with Gasteiger partial charge in [-0.05, 0) is 161 Å².